The lowest BCUT2D eigenvalue weighted by molar-refractivity contribution is -0.142. The van der Waals surface area contributed by atoms with E-state index in [2.05, 4.69) is 5.32 Å². The lowest BCUT2D eigenvalue weighted by Gasteiger charge is -2.28. The maximum Gasteiger partial charge on any atom is 0.252 e. The second kappa shape index (κ2) is 70.6. The van der Waals surface area contributed by atoms with Crippen molar-refractivity contribution in [3.63, 3.8) is 0 Å². The molecule has 512 valence electrons. The van der Waals surface area contributed by atoms with Crippen LogP contribution in [0.4, 0.5) is 0 Å². The summed E-state index contributed by atoms with van der Waals surface area (Å²) < 4.78 is 131. The molecule has 0 saturated carbocycles. The maximum atomic E-state index is 12.4. The minimum atomic E-state index is -1.47. The van der Waals surface area contributed by atoms with Crippen molar-refractivity contribution in [2.24, 2.45) is 0 Å². The molecule has 0 fully saturated rings. The molecule has 0 unspecified atom stereocenters. The number of methoxy groups -OCH3 is 1. The van der Waals surface area contributed by atoms with Crippen molar-refractivity contribution in [3.05, 3.63) is 12.2 Å². The van der Waals surface area contributed by atoms with E-state index in [1.54, 1.807) is 19.3 Å². The fourth-order valence-electron chi connectivity index (χ4n) is 6.89. The summed E-state index contributed by atoms with van der Waals surface area (Å²) in [5, 5.41) is 23.2. The first-order valence-corrected chi connectivity index (χ1v) is 30.7. The van der Waals surface area contributed by atoms with Crippen molar-refractivity contribution in [2.75, 3.05) is 324 Å². The molecule has 0 saturated heterocycles. The van der Waals surface area contributed by atoms with Crippen LogP contribution < -0.4 is 5.32 Å². The van der Waals surface area contributed by atoms with E-state index in [0.717, 1.165) is 0 Å². The van der Waals surface area contributed by atoms with Crippen LogP contribution in [0, 0.1) is 0 Å². The predicted octanol–water partition coefficient (Wildman–Crippen LogP) is 0.353. The van der Waals surface area contributed by atoms with Crippen molar-refractivity contribution in [1.29, 1.82) is 0 Å². The number of hydrogen-bond donors (Lipinski definition) is 3. The summed E-state index contributed by atoms with van der Waals surface area (Å²) in [5.74, 6) is -0.433. The highest BCUT2D eigenvalue weighted by atomic mass is 16.6. The maximum absolute atomic E-state index is 12.4. The van der Waals surface area contributed by atoms with E-state index in [1.165, 1.54) is 0 Å². The number of carbonyl (C=O) groups excluding carboxylic acids is 1. The van der Waals surface area contributed by atoms with Gasteiger partial charge in [0.1, 0.15) is 5.60 Å². The van der Waals surface area contributed by atoms with Gasteiger partial charge in [-0.15, -0.1) is 0 Å². The van der Waals surface area contributed by atoms with Crippen LogP contribution in [0.3, 0.4) is 0 Å². The Kier molecular flexibility index (Phi) is 67.5. The Morgan fingerprint density at radius 3 is 0.709 bits per heavy atom. The van der Waals surface area contributed by atoms with Crippen LogP contribution in [0.15, 0.2) is 12.2 Å². The van der Waals surface area contributed by atoms with Crippen molar-refractivity contribution in [2.45, 2.75) is 37.4 Å². The molecular weight excluding hydrogens is 1140 g/mol. The summed E-state index contributed by atoms with van der Waals surface area (Å²) in [5.41, 5.74) is -1.47. The molecule has 1 amide bonds. The summed E-state index contributed by atoms with van der Waals surface area (Å²) in [6.07, 6.45) is 4.27. The first-order chi connectivity index (χ1) is 42.6. The first-order valence-electron chi connectivity index (χ1n) is 30.7. The molecule has 0 spiro atoms. The standard InChI is InChI=1S/C58H113NO27/c1-63-10-11-65-14-15-67-18-19-69-22-23-71-26-27-73-30-31-75-34-35-77-38-39-79-42-43-81-46-47-83-50-51-85-54-55-86-53-52-84-49-48-82-45-44-80-41-40-78-37-36-76-33-32-74-29-28-72-25-24-70-21-20-68-17-16-66-13-12-64-9-8-59-57(61)58(62)6-3-2-4-56(60)5-7-58/h2,4,56,60,62H,3,5-55H2,1H3,(H,59,61)/b4-2+/t56-,58-/m0/s1. The van der Waals surface area contributed by atoms with Gasteiger partial charge in [-0.05, 0) is 25.7 Å². The van der Waals surface area contributed by atoms with Gasteiger partial charge >= 0.3 is 0 Å². The van der Waals surface area contributed by atoms with E-state index in [4.69, 9.17) is 114 Å². The Bertz CT molecular complexity index is 1360. The van der Waals surface area contributed by atoms with Crippen LogP contribution in [0.5, 0.6) is 0 Å². The van der Waals surface area contributed by atoms with Crippen LogP contribution >= 0.6 is 0 Å². The molecule has 0 aromatic heterocycles. The zero-order valence-electron chi connectivity index (χ0n) is 52.1. The molecule has 0 heterocycles. The average molecular weight is 1260 g/mol. The number of aliphatic hydroxyl groups excluding tert-OH is 1. The highest BCUT2D eigenvalue weighted by molar-refractivity contribution is 5.84. The number of hydrogen-bond acceptors (Lipinski definition) is 27. The van der Waals surface area contributed by atoms with Gasteiger partial charge in [0.2, 0.25) is 0 Å². The Labute approximate surface area is 512 Å². The van der Waals surface area contributed by atoms with E-state index in [0.29, 0.717) is 330 Å². The van der Waals surface area contributed by atoms with Gasteiger partial charge in [0.15, 0.2) is 0 Å². The summed E-state index contributed by atoms with van der Waals surface area (Å²) in [4.78, 5) is 12.4. The third kappa shape index (κ3) is 63.7. The molecule has 28 heteroatoms. The number of aliphatic hydroxyl groups is 2. The SMILES string of the molecule is COCCOCCOCCOCCOCCOCCOCCOCCOCCOCCOCCOCCOCCOCCOCCOCCOCCOCCOCCOCCOCCOCCOCCOCCNC(=O)[C@]1(O)CC/C=C/[C@H](O)CC1. The second-order valence-electron chi connectivity index (χ2n) is 18.4. The largest absolute Gasteiger partial charge is 0.389 e. The number of amides is 1. The summed E-state index contributed by atoms with van der Waals surface area (Å²) in [6, 6.07) is 0. The minimum absolute atomic E-state index is 0.214. The van der Waals surface area contributed by atoms with Gasteiger partial charge < -0.3 is 129 Å². The van der Waals surface area contributed by atoms with Gasteiger partial charge in [-0.2, -0.15) is 0 Å². The fraction of sp³-hybridized carbons (Fsp3) is 0.948. The lowest BCUT2D eigenvalue weighted by Crippen LogP contribution is -2.48. The predicted molar refractivity (Wildman–Crippen MR) is 312 cm³/mol. The van der Waals surface area contributed by atoms with E-state index in [9.17, 15) is 15.0 Å². The summed E-state index contributed by atoms with van der Waals surface area (Å²) >= 11 is 0. The van der Waals surface area contributed by atoms with E-state index in [1.807, 2.05) is 0 Å². The number of rotatable bonds is 73. The van der Waals surface area contributed by atoms with Crippen LogP contribution in [0.2, 0.25) is 0 Å². The van der Waals surface area contributed by atoms with Gasteiger partial charge in [-0.25, -0.2) is 0 Å². The zero-order chi connectivity index (χ0) is 61.5. The highest BCUT2D eigenvalue weighted by Gasteiger charge is 2.35. The van der Waals surface area contributed by atoms with E-state index >= 15 is 0 Å². The van der Waals surface area contributed by atoms with Gasteiger partial charge in [-0.1, -0.05) is 12.2 Å². The normalized spacial score (nSPS) is 15.8. The summed E-state index contributed by atoms with van der Waals surface area (Å²) in [6.45, 7) is 22.8. The van der Waals surface area contributed by atoms with Crippen LogP contribution in [0.1, 0.15) is 25.7 Å². The molecule has 0 aromatic rings. The lowest BCUT2D eigenvalue weighted by atomic mass is 9.88. The molecule has 0 radical (unpaired) electrons. The Morgan fingerprint density at radius 1 is 0.326 bits per heavy atom. The molecule has 1 aliphatic carbocycles. The Hall–Kier alpha value is -1.83. The Morgan fingerprint density at radius 2 is 0.512 bits per heavy atom. The highest BCUT2D eigenvalue weighted by Crippen LogP contribution is 2.24. The van der Waals surface area contributed by atoms with Crippen LogP contribution in [-0.2, 0) is 118 Å². The van der Waals surface area contributed by atoms with Crippen molar-refractivity contribution >= 4 is 5.91 Å². The first kappa shape index (κ1) is 82.2. The molecule has 28 nitrogen and oxygen atoms in total. The van der Waals surface area contributed by atoms with Crippen molar-refractivity contribution in [3.8, 4) is 0 Å². The number of carbonyl (C=O) groups is 1. The molecule has 1 rings (SSSR count). The molecule has 0 aliphatic heterocycles. The molecule has 0 aromatic carbocycles. The van der Waals surface area contributed by atoms with Crippen LogP contribution in [0.25, 0.3) is 0 Å². The quantitative estimate of drug-likeness (QED) is 0.0547. The molecule has 1 aliphatic rings. The molecule has 2 atom stereocenters. The van der Waals surface area contributed by atoms with Gasteiger partial charge in [0, 0.05) is 13.7 Å². The van der Waals surface area contributed by atoms with Gasteiger partial charge in [0.05, 0.1) is 317 Å². The topological polar surface area (TPSA) is 291 Å². The van der Waals surface area contributed by atoms with E-state index < -0.39 is 17.6 Å². The van der Waals surface area contributed by atoms with Gasteiger partial charge in [0.25, 0.3) is 5.91 Å². The van der Waals surface area contributed by atoms with Gasteiger partial charge in [-0.3, -0.25) is 4.79 Å². The van der Waals surface area contributed by atoms with Crippen LogP contribution in [-0.4, -0.2) is 352 Å². The fourth-order valence-corrected chi connectivity index (χ4v) is 6.89. The second-order valence-corrected chi connectivity index (χ2v) is 18.4. The molecule has 3 N–H and O–H groups in total. The smallest absolute Gasteiger partial charge is 0.252 e. The minimum Gasteiger partial charge on any atom is -0.389 e. The third-order valence-electron chi connectivity index (χ3n) is 11.5. The molecular formula is C58H113NO27. The Balaban J connectivity index is 1.61. The number of allylic oxidation sites excluding steroid dienone is 1. The van der Waals surface area contributed by atoms with Crippen molar-refractivity contribution < 1.29 is 129 Å². The molecule has 0 bridgehead atoms. The zero-order valence-corrected chi connectivity index (χ0v) is 52.1. The van der Waals surface area contributed by atoms with E-state index in [-0.39, 0.29) is 13.0 Å². The third-order valence-corrected chi connectivity index (χ3v) is 11.5. The molecule has 86 heavy (non-hydrogen) atoms. The average Bonchev–Trinajstić information content (AvgIpc) is 3.55. The summed E-state index contributed by atoms with van der Waals surface area (Å²) in [7, 11) is 1.64. The monoisotopic (exact) mass is 1260 g/mol. The van der Waals surface area contributed by atoms with Crippen molar-refractivity contribution in [1.82, 2.24) is 5.32 Å². The number of nitrogens with one attached hydrogen (secondary N) is 1. The number of ether oxygens (including phenoxy) is 24.